The smallest absolute Gasteiger partial charge is 0.290 e. The SMILES string of the molecule is CCC[C@H](NC(=O)[C@@H]1C2C(CN1C(=O)[C@@H](NS(=O)(=O)C(C)C)C(C)(C)C)C2(C)C)C(=O)C(=O)NCC(=O)N[C@H](C(=O)N(C)C)c1ccccc1. The molecule has 2 unspecified atom stereocenters. The normalized spacial score (nSPS) is 21.3. The monoisotopic (exact) mass is 718 g/mol. The molecule has 0 bridgehead atoms. The molecule has 1 heterocycles. The van der Waals surface area contributed by atoms with Crippen molar-refractivity contribution in [1.29, 1.82) is 0 Å². The second kappa shape index (κ2) is 15.6. The lowest BCUT2D eigenvalue weighted by atomic mass is 9.86. The molecule has 14 nitrogen and oxygen atoms in total. The number of carbonyl (C=O) groups is 6. The Morgan fingerprint density at radius 1 is 1.00 bits per heavy atom. The quantitative estimate of drug-likeness (QED) is 0.194. The average molecular weight is 719 g/mol. The van der Waals surface area contributed by atoms with Gasteiger partial charge in [0.15, 0.2) is 0 Å². The van der Waals surface area contributed by atoms with E-state index >= 15 is 0 Å². The van der Waals surface area contributed by atoms with Crippen LogP contribution in [-0.4, -0.2) is 104 Å². The van der Waals surface area contributed by atoms with E-state index in [1.807, 2.05) is 13.8 Å². The molecule has 1 saturated carbocycles. The van der Waals surface area contributed by atoms with Gasteiger partial charge < -0.3 is 25.8 Å². The van der Waals surface area contributed by atoms with E-state index in [1.165, 1.54) is 23.6 Å². The summed E-state index contributed by atoms with van der Waals surface area (Å²) in [6, 6.07) is 4.21. The number of rotatable bonds is 15. The Hall–Kier alpha value is -3.85. The van der Waals surface area contributed by atoms with Crippen molar-refractivity contribution in [3.63, 3.8) is 0 Å². The van der Waals surface area contributed by atoms with Crippen LogP contribution >= 0.6 is 0 Å². The molecule has 0 radical (unpaired) electrons. The molecule has 2 fully saturated rings. The van der Waals surface area contributed by atoms with Crippen molar-refractivity contribution in [1.82, 2.24) is 30.5 Å². The van der Waals surface area contributed by atoms with Crippen LogP contribution in [0, 0.1) is 22.7 Å². The van der Waals surface area contributed by atoms with Crippen molar-refractivity contribution in [2.75, 3.05) is 27.2 Å². The van der Waals surface area contributed by atoms with Crippen LogP contribution in [0.5, 0.6) is 0 Å². The lowest BCUT2D eigenvalue weighted by molar-refractivity contribution is -0.145. The molecule has 1 aromatic carbocycles. The Labute approximate surface area is 295 Å². The van der Waals surface area contributed by atoms with Gasteiger partial charge in [-0.15, -0.1) is 0 Å². The van der Waals surface area contributed by atoms with Gasteiger partial charge in [0.2, 0.25) is 39.4 Å². The first kappa shape index (κ1) is 40.6. The van der Waals surface area contributed by atoms with Gasteiger partial charge in [-0.25, -0.2) is 13.1 Å². The molecule has 0 spiro atoms. The molecule has 1 aliphatic heterocycles. The van der Waals surface area contributed by atoms with Gasteiger partial charge in [0.1, 0.15) is 18.1 Å². The van der Waals surface area contributed by atoms with Crippen molar-refractivity contribution < 1.29 is 37.2 Å². The number of carbonyl (C=O) groups excluding carboxylic acids is 6. The molecule has 278 valence electrons. The zero-order valence-electron chi connectivity index (χ0n) is 30.8. The van der Waals surface area contributed by atoms with Gasteiger partial charge in [0, 0.05) is 20.6 Å². The predicted molar refractivity (Wildman–Crippen MR) is 188 cm³/mol. The molecule has 1 aromatic rings. The highest BCUT2D eigenvalue weighted by molar-refractivity contribution is 7.90. The lowest BCUT2D eigenvalue weighted by Gasteiger charge is -2.38. The van der Waals surface area contributed by atoms with E-state index in [9.17, 15) is 37.2 Å². The van der Waals surface area contributed by atoms with Gasteiger partial charge in [0.05, 0.1) is 17.8 Å². The van der Waals surface area contributed by atoms with Crippen molar-refractivity contribution in [2.45, 2.75) is 97.6 Å². The maximum absolute atomic E-state index is 14.1. The summed E-state index contributed by atoms with van der Waals surface area (Å²) in [6.45, 7) is 13.7. The number of likely N-dealkylation sites (tertiary alicyclic amines) is 1. The van der Waals surface area contributed by atoms with Crippen LogP contribution in [0.2, 0.25) is 0 Å². The van der Waals surface area contributed by atoms with Crippen molar-refractivity contribution in [3.8, 4) is 0 Å². The fourth-order valence-electron chi connectivity index (χ4n) is 6.50. The average Bonchev–Trinajstić information content (AvgIpc) is 3.33. The number of amides is 5. The van der Waals surface area contributed by atoms with Gasteiger partial charge in [-0.2, -0.15) is 0 Å². The third-order valence-electron chi connectivity index (χ3n) is 9.75. The van der Waals surface area contributed by atoms with Crippen LogP contribution in [-0.2, 0) is 38.8 Å². The van der Waals surface area contributed by atoms with Crippen LogP contribution in [0.25, 0.3) is 0 Å². The first-order valence-corrected chi connectivity index (χ1v) is 18.6. The number of hydrogen-bond donors (Lipinski definition) is 4. The number of nitrogens with one attached hydrogen (secondary N) is 4. The van der Waals surface area contributed by atoms with Crippen LogP contribution in [0.1, 0.15) is 79.8 Å². The zero-order valence-corrected chi connectivity index (χ0v) is 31.6. The molecule has 50 heavy (non-hydrogen) atoms. The zero-order chi connectivity index (χ0) is 37.9. The van der Waals surface area contributed by atoms with E-state index in [1.54, 1.807) is 72.1 Å². The Bertz CT molecular complexity index is 1570. The number of benzene rings is 1. The fraction of sp³-hybridized carbons (Fsp3) is 0.657. The van der Waals surface area contributed by atoms with E-state index < -0.39 is 80.8 Å². The van der Waals surface area contributed by atoms with Gasteiger partial charge in [-0.3, -0.25) is 28.8 Å². The summed E-state index contributed by atoms with van der Waals surface area (Å²) in [7, 11) is -0.739. The number of hydrogen-bond acceptors (Lipinski definition) is 8. The molecular formula is C35H54N6O8S. The van der Waals surface area contributed by atoms with Gasteiger partial charge >= 0.3 is 0 Å². The molecule has 6 atom stereocenters. The Morgan fingerprint density at radius 2 is 1.60 bits per heavy atom. The maximum atomic E-state index is 14.1. The first-order chi connectivity index (χ1) is 23.1. The Kier molecular flexibility index (Phi) is 12.6. The largest absolute Gasteiger partial charge is 0.347 e. The molecule has 15 heteroatoms. The Morgan fingerprint density at radius 3 is 2.12 bits per heavy atom. The number of sulfonamides is 1. The second-order valence-corrected chi connectivity index (χ2v) is 17.7. The minimum atomic E-state index is -3.84. The summed E-state index contributed by atoms with van der Waals surface area (Å²) in [4.78, 5) is 82.7. The highest BCUT2D eigenvalue weighted by Crippen LogP contribution is 2.65. The summed E-state index contributed by atoms with van der Waals surface area (Å²) >= 11 is 0. The third-order valence-corrected chi connectivity index (χ3v) is 11.6. The lowest BCUT2D eigenvalue weighted by Crippen LogP contribution is -2.61. The van der Waals surface area contributed by atoms with E-state index in [-0.39, 0.29) is 36.1 Å². The van der Waals surface area contributed by atoms with E-state index in [4.69, 9.17) is 0 Å². The molecule has 2 aliphatic rings. The predicted octanol–water partition coefficient (Wildman–Crippen LogP) is 1.13. The highest BCUT2D eigenvalue weighted by atomic mass is 32.2. The number of ketones is 1. The standard InChI is InChI=1S/C35H54N6O8S/c1-11-15-23(28(43)31(45)36-18-24(42)38-26(32(46)40(9)10)21-16-13-12-14-17-21)37-30(44)27-25-22(35(25,7)8)19-41(27)33(47)29(34(4,5)6)39-50(48,49)20(2)3/h12-14,16-17,20,22-23,25-27,29,39H,11,15,18-19H2,1-10H3,(H,36,45)(H,37,44)(H,38,42)/t22?,23-,25?,26-,27-,29+/m0/s1. The third kappa shape index (κ3) is 9.08. The molecular weight excluding hydrogens is 664 g/mol. The number of nitrogens with zero attached hydrogens (tertiary/aromatic N) is 2. The molecule has 3 rings (SSSR count). The summed E-state index contributed by atoms with van der Waals surface area (Å²) in [5, 5.41) is 6.82. The van der Waals surface area contributed by atoms with Gasteiger partial charge in [-0.1, -0.05) is 78.3 Å². The summed E-state index contributed by atoms with van der Waals surface area (Å²) in [5.41, 5.74) is -0.554. The molecule has 1 saturated heterocycles. The van der Waals surface area contributed by atoms with E-state index in [0.29, 0.717) is 12.0 Å². The van der Waals surface area contributed by atoms with Crippen molar-refractivity contribution in [3.05, 3.63) is 35.9 Å². The van der Waals surface area contributed by atoms with Crippen LogP contribution in [0.15, 0.2) is 30.3 Å². The maximum Gasteiger partial charge on any atom is 0.290 e. The summed E-state index contributed by atoms with van der Waals surface area (Å²) in [6.07, 6.45) is 0.554. The summed E-state index contributed by atoms with van der Waals surface area (Å²) < 4.78 is 28.2. The van der Waals surface area contributed by atoms with Crippen molar-refractivity contribution >= 4 is 45.3 Å². The second-order valence-electron chi connectivity index (χ2n) is 15.4. The topological polar surface area (TPSA) is 191 Å². The van der Waals surface area contributed by atoms with Crippen LogP contribution in [0.3, 0.4) is 0 Å². The first-order valence-electron chi connectivity index (χ1n) is 17.1. The number of Topliss-reactive ketones (excluding diaryl/α,β-unsaturated/α-hetero) is 1. The fourth-order valence-corrected chi connectivity index (χ4v) is 7.56. The highest BCUT2D eigenvalue weighted by Gasteiger charge is 2.70. The van der Waals surface area contributed by atoms with E-state index in [0.717, 1.165) is 0 Å². The van der Waals surface area contributed by atoms with E-state index in [2.05, 4.69) is 20.7 Å². The van der Waals surface area contributed by atoms with Crippen molar-refractivity contribution in [2.24, 2.45) is 22.7 Å². The molecule has 1 aliphatic carbocycles. The van der Waals surface area contributed by atoms with Gasteiger partial charge in [-0.05, 0) is 48.5 Å². The van der Waals surface area contributed by atoms with Crippen LogP contribution < -0.4 is 20.7 Å². The molecule has 0 aromatic heterocycles. The number of fused-ring (bicyclic) bond motifs is 1. The molecule has 5 amide bonds. The Balaban J connectivity index is 1.75. The van der Waals surface area contributed by atoms with Crippen LogP contribution in [0.4, 0.5) is 0 Å². The minimum absolute atomic E-state index is 0.00856. The van der Waals surface area contributed by atoms with Gasteiger partial charge in [0.25, 0.3) is 5.91 Å². The molecule has 4 N–H and O–H groups in total. The summed E-state index contributed by atoms with van der Waals surface area (Å²) in [5.74, 6) is -4.52. The minimum Gasteiger partial charge on any atom is -0.347 e. The number of piperidine rings is 1. The number of likely N-dealkylation sites (N-methyl/N-ethyl adjacent to an activating group) is 1.